The van der Waals surface area contributed by atoms with Gasteiger partial charge < -0.3 is 19.5 Å². The monoisotopic (exact) mass is 349 g/mol. The van der Waals surface area contributed by atoms with Gasteiger partial charge in [-0.2, -0.15) is 0 Å². The number of nitrogens with one attached hydrogen (secondary N) is 1. The van der Waals surface area contributed by atoms with Crippen molar-refractivity contribution in [3.05, 3.63) is 24.3 Å². The molecular formula is C20H31NO4. The molecule has 1 aliphatic rings. The summed E-state index contributed by atoms with van der Waals surface area (Å²) in [6, 6.07) is 7.44. The number of hydrogen-bond donors (Lipinski definition) is 1. The lowest BCUT2D eigenvalue weighted by atomic mass is 9.78. The highest BCUT2D eigenvalue weighted by Crippen LogP contribution is 2.36. The standard InChI is InChI=1S/C20H31NO4/c1-4-23-13-14-24-18-10-8-17(9-11-18)21-19(22)20(25-5-2)12-6-7-16(3)15-20/h8-11,16H,4-7,12-15H2,1-3H3,(H,21,22). The molecule has 1 aliphatic carbocycles. The minimum absolute atomic E-state index is 0.0362. The Balaban J connectivity index is 1.94. The number of rotatable bonds is 9. The third-order valence-electron chi connectivity index (χ3n) is 4.60. The maximum absolute atomic E-state index is 12.9. The van der Waals surface area contributed by atoms with E-state index in [0.717, 1.165) is 37.1 Å². The van der Waals surface area contributed by atoms with E-state index in [1.54, 1.807) is 0 Å². The summed E-state index contributed by atoms with van der Waals surface area (Å²) < 4.78 is 16.8. The normalized spacial score (nSPS) is 23.2. The molecule has 1 aromatic carbocycles. The molecule has 2 atom stereocenters. The fourth-order valence-corrected chi connectivity index (χ4v) is 3.42. The van der Waals surface area contributed by atoms with Gasteiger partial charge in [0.15, 0.2) is 0 Å². The van der Waals surface area contributed by atoms with Crippen LogP contribution in [0.2, 0.25) is 0 Å². The second-order valence-electron chi connectivity index (χ2n) is 6.65. The average molecular weight is 349 g/mol. The van der Waals surface area contributed by atoms with Gasteiger partial charge in [-0.05, 0) is 63.3 Å². The lowest BCUT2D eigenvalue weighted by Gasteiger charge is -2.38. The van der Waals surface area contributed by atoms with Crippen LogP contribution in [0.4, 0.5) is 5.69 Å². The number of benzene rings is 1. The van der Waals surface area contributed by atoms with Crippen molar-refractivity contribution in [3.63, 3.8) is 0 Å². The molecule has 2 unspecified atom stereocenters. The number of amides is 1. The molecule has 2 rings (SSSR count). The molecule has 0 aliphatic heterocycles. The van der Waals surface area contributed by atoms with Crippen LogP contribution < -0.4 is 10.1 Å². The zero-order valence-electron chi connectivity index (χ0n) is 15.7. The number of ether oxygens (including phenoxy) is 3. The molecule has 1 fully saturated rings. The van der Waals surface area contributed by atoms with Crippen LogP contribution in [0.15, 0.2) is 24.3 Å². The van der Waals surface area contributed by atoms with Crippen molar-refractivity contribution in [2.45, 2.75) is 52.1 Å². The second kappa shape index (κ2) is 9.78. The molecule has 5 heteroatoms. The predicted molar refractivity (Wildman–Crippen MR) is 99.0 cm³/mol. The summed E-state index contributed by atoms with van der Waals surface area (Å²) in [5.74, 6) is 1.24. The van der Waals surface area contributed by atoms with Gasteiger partial charge in [-0.1, -0.05) is 13.3 Å². The minimum atomic E-state index is -0.695. The minimum Gasteiger partial charge on any atom is -0.491 e. The Kier molecular flexibility index (Phi) is 7.72. The molecule has 140 valence electrons. The maximum Gasteiger partial charge on any atom is 0.256 e. The summed E-state index contributed by atoms with van der Waals surface area (Å²) >= 11 is 0. The Bertz CT molecular complexity index is 527. The summed E-state index contributed by atoms with van der Waals surface area (Å²) in [4.78, 5) is 12.9. The van der Waals surface area contributed by atoms with Crippen LogP contribution in [0.3, 0.4) is 0 Å². The highest BCUT2D eigenvalue weighted by atomic mass is 16.5. The SMILES string of the molecule is CCOCCOc1ccc(NC(=O)C2(OCC)CCCC(C)C2)cc1. The number of hydrogen-bond acceptors (Lipinski definition) is 4. The lowest BCUT2D eigenvalue weighted by Crippen LogP contribution is -2.48. The molecule has 0 aromatic heterocycles. The van der Waals surface area contributed by atoms with Crippen molar-refractivity contribution in [3.8, 4) is 5.75 Å². The lowest BCUT2D eigenvalue weighted by molar-refractivity contribution is -0.147. The Hall–Kier alpha value is -1.59. The van der Waals surface area contributed by atoms with E-state index in [4.69, 9.17) is 14.2 Å². The van der Waals surface area contributed by atoms with E-state index in [-0.39, 0.29) is 5.91 Å². The third kappa shape index (κ3) is 5.72. The molecule has 0 radical (unpaired) electrons. The smallest absolute Gasteiger partial charge is 0.256 e. The van der Waals surface area contributed by atoms with Gasteiger partial charge in [0.1, 0.15) is 18.0 Å². The summed E-state index contributed by atoms with van der Waals surface area (Å²) in [5.41, 5.74) is 0.0680. The van der Waals surface area contributed by atoms with Crippen molar-refractivity contribution in [1.82, 2.24) is 0 Å². The molecule has 5 nitrogen and oxygen atoms in total. The summed E-state index contributed by atoms with van der Waals surface area (Å²) in [6.07, 6.45) is 3.76. The highest BCUT2D eigenvalue weighted by Gasteiger charge is 2.42. The first-order chi connectivity index (χ1) is 12.1. The van der Waals surface area contributed by atoms with Gasteiger partial charge >= 0.3 is 0 Å². The van der Waals surface area contributed by atoms with Crippen LogP contribution in [-0.4, -0.2) is 37.9 Å². The van der Waals surface area contributed by atoms with Crippen molar-refractivity contribution in [2.75, 3.05) is 31.7 Å². The zero-order chi connectivity index (χ0) is 18.1. The molecule has 25 heavy (non-hydrogen) atoms. The van der Waals surface area contributed by atoms with E-state index in [9.17, 15) is 4.79 Å². The molecule has 0 heterocycles. The van der Waals surface area contributed by atoms with E-state index < -0.39 is 5.60 Å². The van der Waals surface area contributed by atoms with Crippen molar-refractivity contribution >= 4 is 11.6 Å². The fraction of sp³-hybridized carbons (Fsp3) is 0.650. The van der Waals surface area contributed by atoms with E-state index in [2.05, 4.69) is 12.2 Å². The maximum atomic E-state index is 12.9. The van der Waals surface area contributed by atoms with Crippen LogP contribution in [0, 0.1) is 5.92 Å². The first kappa shape index (κ1) is 19.7. The average Bonchev–Trinajstić information content (AvgIpc) is 2.60. The highest BCUT2D eigenvalue weighted by molar-refractivity contribution is 5.97. The number of carbonyl (C=O) groups excluding carboxylic acids is 1. The van der Waals surface area contributed by atoms with Crippen LogP contribution >= 0.6 is 0 Å². The second-order valence-corrected chi connectivity index (χ2v) is 6.65. The van der Waals surface area contributed by atoms with E-state index in [1.807, 2.05) is 38.1 Å². The zero-order valence-corrected chi connectivity index (χ0v) is 15.7. The molecule has 1 saturated carbocycles. The van der Waals surface area contributed by atoms with Gasteiger partial charge in [0.2, 0.25) is 0 Å². The van der Waals surface area contributed by atoms with Gasteiger partial charge in [0, 0.05) is 18.9 Å². The third-order valence-corrected chi connectivity index (χ3v) is 4.60. The largest absolute Gasteiger partial charge is 0.491 e. The molecule has 0 saturated heterocycles. The van der Waals surface area contributed by atoms with Crippen molar-refractivity contribution in [1.29, 1.82) is 0 Å². The van der Waals surface area contributed by atoms with Crippen molar-refractivity contribution in [2.24, 2.45) is 5.92 Å². The molecule has 0 bridgehead atoms. The Labute approximate surface area is 151 Å². The molecular weight excluding hydrogens is 318 g/mol. The van der Waals surface area contributed by atoms with E-state index in [1.165, 1.54) is 0 Å². The van der Waals surface area contributed by atoms with Gasteiger partial charge in [-0.25, -0.2) is 0 Å². The summed E-state index contributed by atoms with van der Waals surface area (Å²) in [7, 11) is 0. The van der Waals surface area contributed by atoms with Crippen LogP contribution in [0.1, 0.15) is 46.5 Å². The van der Waals surface area contributed by atoms with Crippen LogP contribution in [0.25, 0.3) is 0 Å². The number of anilines is 1. The first-order valence-electron chi connectivity index (χ1n) is 9.35. The van der Waals surface area contributed by atoms with E-state index >= 15 is 0 Å². The van der Waals surface area contributed by atoms with E-state index in [0.29, 0.717) is 32.3 Å². The topological polar surface area (TPSA) is 56.8 Å². The Morgan fingerprint density at radius 1 is 1.20 bits per heavy atom. The first-order valence-corrected chi connectivity index (χ1v) is 9.35. The van der Waals surface area contributed by atoms with Gasteiger partial charge in [-0.3, -0.25) is 4.79 Å². The number of carbonyl (C=O) groups is 1. The quantitative estimate of drug-likeness (QED) is 0.684. The molecule has 1 aromatic rings. The summed E-state index contributed by atoms with van der Waals surface area (Å²) in [6.45, 7) is 8.42. The Morgan fingerprint density at radius 3 is 2.60 bits per heavy atom. The molecule has 1 amide bonds. The van der Waals surface area contributed by atoms with Gasteiger partial charge in [0.05, 0.1) is 6.61 Å². The Morgan fingerprint density at radius 2 is 1.96 bits per heavy atom. The fourth-order valence-electron chi connectivity index (χ4n) is 3.42. The summed E-state index contributed by atoms with van der Waals surface area (Å²) in [5, 5.41) is 3.02. The van der Waals surface area contributed by atoms with Gasteiger partial charge in [-0.15, -0.1) is 0 Å². The predicted octanol–water partition coefficient (Wildman–Crippen LogP) is 4.03. The van der Waals surface area contributed by atoms with Crippen LogP contribution in [0.5, 0.6) is 5.75 Å². The van der Waals surface area contributed by atoms with Gasteiger partial charge in [0.25, 0.3) is 5.91 Å². The molecule has 1 N–H and O–H groups in total. The van der Waals surface area contributed by atoms with Crippen LogP contribution in [-0.2, 0) is 14.3 Å². The van der Waals surface area contributed by atoms with Crippen molar-refractivity contribution < 1.29 is 19.0 Å². The molecule has 0 spiro atoms.